The first-order valence-corrected chi connectivity index (χ1v) is 6.76. The number of benzene rings is 1. The van der Waals surface area contributed by atoms with E-state index in [9.17, 15) is 0 Å². The highest BCUT2D eigenvalue weighted by molar-refractivity contribution is 7.15. The van der Waals surface area contributed by atoms with Crippen LogP contribution in [-0.4, -0.2) is 21.6 Å². The third-order valence-electron chi connectivity index (χ3n) is 2.70. The van der Waals surface area contributed by atoms with Crippen molar-refractivity contribution in [2.75, 3.05) is 0 Å². The first-order valence-electron chi connectivity index (χ1n) is 5.88. The summed E-state index contributed by atoms with van der Waals surface area (Å²) in [5.74, 6) is -0.0754. The van der Waals surface area contributed by atoms with E-state index in [0.717, 1.165) is 21.9 Å². The van der Waals surface area contributed by atoms with Gasteiger partial charge in [-0.3, -0.25) is 4.40 Å². The Bertz CT molecular complexity index is 785. The van der Waals surface area contributed by atoms with Crippen LogP contribution < -0.4 is 11.5 Å². The standard InChI is InChI=1S/C13H12N6S.ClH/c14-12(15)18-16-8-10-11(9-4-2-1-3-5-9)17-13-19(10)6-7-20-13;/h1-8H,(H4,14,15,18);1H/b16-8-;. The molecule has 0 amide bonds. The molecule has 0 bridgehead atoms. The number of thiazole rings is 1. The molecule has 3 rings (SSSR count). The van der Waals surface area contributed by atoms with Crippen LogP contribution >= 0.6 is 23.7 Å². The van der Waals surface area contributed by atoms with Crippen LogP contribution in [-0.2, 0) is 0 Å². The van der Waals surface area contributed by atoms with Gasteiger partial charge in [-0.25, -0.2) is 4.98 Å². The van der Waals surface area contributed by atoms with Crippen LogP contribution in [0.4, 0.5) is 0 Å². The van der Waals surface area contributed by atoms with Crippen LogP contribution in [0.5, 0.6) is 0 Å². The van der Waals surface area contributed by atoms with E-state index < -0.39 is 0 Å². The molecule has 21 heavy (non-hydrogen) atoms. The maximum Gasteiger partial charge on any atom is 0.211 e. The van der Waals surface area contributed by atoms with Crippen molar-refractivity contribution in [3.05, 3.63) is 47.6 Å². The van der Waals surface area contributed by atoms with Gasteiger partial charge in [0, 0.05) is 17.1 Å². The van der Waals surface area contributed by atoms with Crippen molar-refractivity contribution in [3.8, 4) is 11.3 Å². The predicted molar refractivity (Wildman–Crippen MR) is 89.2 cm³/mol. The fourth-order valence-electron chi connectivity index (χ4n) is 1.89. The Morgan fingerprint density at radius 3 is 2.71 bits per heavy atom. The van der Waals surface area contributed by atoms with Crippen LogP contribution in [0.2, 0.25) is 0 Å². The number of imidazole rings is 1. The van der Waals surface area contributed by atoms with Crippen LogP contribution in [0.25, 0.3) is 16.2 Å². The van der Waals surface area contributed by atoms with Gasteiger partial charge in [0.05, 0.1) is 17.6 Å². The van der Waals surface area contributed by atoms with Gasteiger partial charge in [0.15, 0.2) is 4.96 Å². The molecule has 0 saturated carbocycles. The van der Waals surface area contributed by atoms with Crippen molar-refractivity contribution in [1.29, 1.82) is 0 Å². The minimum atomic E-state index is -0.0754. The number of fused-ring (bicyclic) bond motifs is 1. The normalized spacial score (nSPS) is 10.7. The van der Waals surface area contributed by atoms with Crippen LogP contribution in [0, 0.1) is 0 Å². The largest absolute Gasteiger partial charge is 0.369 e. The summed E-state index contributed by atoms with van der Waals surface area (Å²) in [5.41, 5.74) is 13.3. The number of rotatable bonds is 3. The molecular weight excluding hydrogens is 308 g/mol. The minimum Gasteiger partial charge on any atom is -0.369 e. The zero-order chi connectivity index (χ0) is 13.9. The molecule has 6 nitrogen and oxygen atoms in total. The van der Waals surface area contributed by atoms with E-state index in [1.165, 1.54) is 0 Å². The second kappa shape index (κ2) is 6.38. The molecule has 0 spiro atoms. The zero-order valence-corrected chi connectivity index (χ0v) is 12.5. The molecule has 4 N–H and O–H groups in total. The van der Waals surface area contributed by atoms with Gasteiger partial charge in [-0.2, -0.15) is 5.10 Å². The number of hydrogen-bond donors (Lipinski definition) is 2. The Hall–Kier alpha value is -2.38. The van der Waals surface area contributed by atoms with Gasteiger partial charge >= 0.3 is 0 Å². The van der Waals surface area contributed by atoms with Gasteiger partial charge in [-0.15, -0.1) is 28.8 Å². The fourth-order valence-corrected chi connectivity index (χ4v) is 2.61. The molecule has 108 valence electrons. The molecule has 1 aromatic carbocycles. The summed E-state index contributed by atoms with van der Waals surface area (Å²) in [6.07, 6.45) is 3.55. The Morgan fingerprint density at radius 2 is 2.00 bits per heavy atom. The van der Waals surface area contributed by atoms with E-state index in [1.54, 1.807) is 17.6 Å². The van der Waals surface area contributed by atoms with E-state index in [2.05, 4.69) is 15.2 Å². The van der Waals surface area contributed by atoms with Gasteiger partial charge in [0.2, 0.25) is 5.96 Å². The molecule has 0 radical (unpaired) electrons. The predicted octanol–water partition coefficient (Wildman–Crippen LogP) is 2.09. The van der Waals surface area contributed by atoms with Crippen molar-refractivity contribution < 1.29 is 0 Å². The molecule has 2 heterocycles. The molecule has 8 heteroatoms. The lowest BCUT2D eigenvalue weighted by Crippen LogP contribution is -2.21. The Morgan fingerprint density at radius 1 is 1.24 bits per heavy atom. The first-order chi connectivity index (χ1) is 9.75. The summed E-state index contributed by atoms with van der Waals surface area (Å²) < 4.78 is 1.96. The van der Waals surface area contributed by atoms with Crippen LogP contribution in [0.15, 0.2) is 52.1 Å². The molecule has 0 unspecified atom stereocenters. The summed E-state index contributed by atoms with van der Waals surface area (Å²) in [6.45, 7) is 0. The van der Waals surface area contributed by atoms with Gasteiger partial charge in [0.25, 0.3) is 0 Å². The molecule has 0 aliphatic carbocycles. The van der Waals surface area contributed by atoms with Crippen molar-refractivity contribution >= 4 is 40.9 Å². The third-order valence-corrected chi connectivity index (χ3v) is 3.46. The Kier molecular flexibility index (Phi) is 4.56. The summed E-state index contributed by atoms with van der Waals surface area (Å²) >= 11 is 1.56. The lowest BCUT2D eigenvalue weighted by molar-refractivity contribution is 1.18. The molecule has 0 atom stereocenters. The maximum absolute atomic E-state index is 5.27. The van der Waals surface area contributed by atoms with E-state index in [-0.39, 0.29) is 18.4 Å². The van der Waals surface area contributed by atoms with Crippen molar-refractivity contribution in [2.24, 2.45) is 21.7 Å². The summed E-state index contributed by atoms with van der Waals surface area (Å²) in [6, 6.07) is 9.92. The second-order valence-electron chi connectivity index (χ2n) is 4.04. The summed E-state index contributed by atoms with van der Waals surface area (Å²) in [5, 5.41) is 9.48. The lowest BCUT2D eigenvalue weighted by Gasteiger charge is -1.98. The average molecular weight is 321 g/mol. The summed E-state index contributed by atoms with van der Waals surface area (Å²) in [7, 11) is 0. The first kappa shape index (κ1) is 15.0. The number of hydrogen-bond acceptors (Lipinski definition) is 4. The van der Waals surface area contributed by atoms with E-state index in [1.807, 2.05) is 46.3 Å². The van der Waals surface area contributed by atoms with Crippen LogP contribution in [0.3, 0.4) is 0 Å². The minimum absolute atomic E-state index is 0. The van der Waals surface area contributed by atoms with Gasteiger partial charge in [0.1, 0.15) is 0 Å². The molecule has 0 fully saturated rings. The van der Waals surface area contributed by atoms with Gasteiger partial charge < -0.3 is 11.5 Å². The number of nitrogens with two attached hydrogens (primary N) is 2. The van der Waals surface area contributed by atoms with E-state index in [4.69, 9.17) is 11.5 Å². The van der Waals surface area contributed by atoms with Crippen molar-refractivity contribution in [2.45, 2.75) is 0 Å². The monoisotopic (exact) mass is 320 g/mol. The molecule has 2 aromatic heterocycles. The van der Waals surface area contributed by atoms with E-state index in [0.29, 0.717) is 0 Å². The topological polar surface area (TPSA) is 94.1 Å². The number of nitrogens with zero attached hydrogens (tertiary/aromatic N) is 4. The molecular formula is C13H13ClN6S. The quantitative estimate of drug-likeness (QED) is 0.439. The smallest absolute Gasteiger partial charge is 0.211 e. The highest BCUT2D eigenvalue weighted by Gasteiger charge is 2.12. The lowest BCUT2D eigenvalue weighted by atomic mass is 10.1. The highest BCUT2D eigenvalue weighted by Crippen LogP contribution is 2.25. The number of halogens is 1. The molecule has 3 aromatic rings. The maximum atomic E-state index is 5.27. The third kappa shape index (κ3) is 3.04. The fraction of sp³-hybridized carbons (Fsp3) is 0. The highest BCUT2D eigenvalue weighted by atomic mass is 35.5. The Balaban J connectivity index is 0.00000161. The van der Waals surface area contributed by atoms with Gasteiger partial charge in [-0.1, -0.05) is 30.3 Å². The van der Waals surface area contributed by atoms with E-state index >= 15 is 0 Å². The Labute approximate surface area is 131 Å². The summed E-state index contributed by atoms with van der Waals surface area (Å²) in [4.78, 5) is 5.52. The molecule has 0 aliphatic heterocycles. The van der Waals surface area contributed by atoms with Crippen LogP contribution in [0.1, 0.15) is 5.69 Å². The van der Waals surface area contributed by atoms with Gasteiger partial charge in [-0.05, 0) is 0 Å². The molecule has 0 saturated heterocycles. The van der Waals surface area contributed by atoms with Crippen molar-refractivity contribution in [3.63, 3.8) is 0 Å². The van der Waals surface area contributed by atoms with Crippen molar-refractivity contribution in [1.82, 2.24) is 9.38 Å². The number of guanidine groups is 1. The number of aromatic nitrogens is 2. The SMILES string of the molecule is Cl.NC(N)=N/N=C\c1c(-c2ccccc2)nc2sccn12. The molecule has 0 aliphatic rings. The zero-order valence-electron chi connectivity index (χ0n) is 10.9. The average Bonchev–Trinajstić information content (AvgIpc) is 3.01. The second-order valence-corrected chi connectivity index (χ2v) is 4.91.